The Balaban J connectivity index is 2.34. The van der Waals surface area contributed by atoms with Crippen molar-refractivity contribution in [1.82, 2.24) is 0 Å². The summed E-state index contributed by atoms with van der Waals surface area (Å²) >= 11 is 0. The van der Waals surface area contributed by atoms with Gasteiger partial charge in [-0.1, -0.05) is 19.1 Å². The van der Waals surface area contributed by atoms with Gasteiger partial charge in [0.15, 0.2) is 11.5 Å². The molecule has 0 amide bonds. The number of aliphatic hydroxyl groups excluding tert-OH is 1. The largest absolute Gasteiger partial charge is 0.449 e. The second kappa shape index (κ2) is 2.24. The maximum Gasteiger partial charge on any atom is 0.175 e. The summed E-state index contributed by atoms with van der Waals surface area (Å²) in [6, 6.07) is 5.71. The predicted molar refractivity (Wildman–Crippen MR) is 41.8 cm³/mol. The molecule has 1 unspecified atom stereocenters. The van der Waals surface area contributed by atoms with Crippen molar-refractivity contribution >= 4 is 0 Å². The fourth-order valence-electron chi connectivity index (χ4n) is 1.19. The number of ether oxygens (including phenoxy) is 1. The van der Waals surface area contributed by atoms with Crippen LogP contribution in [0, 0.1) is 0 Å². The van der Waals surface area contributed by atoms with Gasteiger partial charge < -0.3 is 9.84 Å². The lowest BCUT2D eigenvalue weighted by atomic mass is 10.1. The SMILES string of the molecule is CCC(O)c1cccc2c1O2. The quantitative estimate of drug-likeness (QED) is 0.666. The topological polar surface area (TPSA) is 32.8 Å². The number of para-hydroxylation sites is 1. The van der Waals surface area contributed by atoms with Crippen LogP contribution in [0.2, 0.25) is 0 Å². The molecule has 2 rings (SSSR count). The van der Waals surface area contributed by atoms with E-state index < -0.39 is 0 Å². The van der Waals surface area contributed by atoms with Gasteiger partial charge in [0.2, 0.25) is 0 Å². The van der Waals surface area contributed by atoms with Crippen LogP contribution in [-0.2, 0) is 0 Å². The highest BCUT2D eigenvalue weighted by Crippen LogP contribution is 2.50. The van der Waals surface area contributed by atoms with Crippen molar-refractivity contribution in [3.05, 3.63) is 23.8 Å². The van der Waals surface area contributed by atoms with Gasteiger partial charge >= 0.3 is 0 Å². The molecule has 1 aromatic rings. The van der Waals surface area contributed by atoms with Gasteiger partial charge in [-0.05, 0) is 12.5 Å². The molecule has 0 spiro atoms. The second-order valence-corrected chi connectivity index (χ2v) is 2.70. The first-order valence-electron chi connectivity index (χ1n) is 3.81. The number of hydrogen-bond acceptors (Lipinski definition) is 2. The van der Waals surface area contributed by atoms with Gasteiger partial charge in [0.05, 0.1) is 6.10 Å². The van der Waals surface area contributed by atoms with Crippen LogP contribution in [0.5, 0.6) is 11.5 Å². The summed E-state index contributed by atoms with van der Waals surface area (Å²) in [5, 5.41) is 9.46. The normalized spacial score (nSPS) is 15.1. The lowest BCUT2D eigenvalue weighted by Gasteiger charge is -2.03. The minimum absolute atomic E-state index is 0.368. The Morgan fingerprint density at radius 1 is 1.55 bits per heavy atom. The highest BCUT2D eigenvalue weighted by atomic mass is 16.6. The third kappa shape index (κ3) is 0.994. The zero-order chi connectivity index (χ0) is 7.84. The number of rotatable bonds is 2. The fourth-order valence-corrected chi connectivity index (χ4v) is 1.19. The molecule has 0 aliphatic carbocycles. The summed E-state index contributed by atoms with van der Waals surface area (Å²) in [5.74, 6) is 1.79. The minimum Gasteiger partial charge on any atom is -0.449 e. The van der Waals surface area contributed by atoms with Gasteiger partial charge in [0.25, 0.3) is 0 Å². The van der Waals surface area contributed by atoms with Crippen molar-refractivity contribution in [3.63, 3.8) is 0 Å². The molecular weight excluding hydrogens is 140 g/mol. The molecule has 0 bridgehead atoms. The Kier molecular flexibility index (Phi) is 1.36. The van der Waals surface area contributed by atoms with Gasteiger partial charge in [0, 0.05) is 5.56 Å². The maximum absolute atomic E-state index is 9.46. The lowest BCUT2D eigenvalue weighted by Crippen LogP contribution is -1.92. The van der Waals surface area contributed by atoms with Gasteiger partial charge in [-0.3, -0.25) is 0 Å². The molecule has 1 aliphatic rings. The molecule has 1 aliphatic heterocycles. The van der Waals surface area contributed by atoms with E-state index in [9.17, 15) is 5.11 Å². The van der Waals surface area contributed by atoms with E-state index in [1.807, 2.05) is 25.1 Å². The Labute approximate surface area is 65.4 Å². The molecule has 11 heavy (non-hydrogen) atoms. The first kappa shape index (κ1) is 6.68. The van der Waals surface area contributed by atoms with E-state index in [1.165, 1.54) is 0 Å². The first-order chi connectivity index (χ1) is 5.33. The van der Waals surface area contributed by atoms with E-state index in [2.05, 4.69) is 0 Å². The van der Waals surface area contributed by atoms with Gasteiger partial charge in [-0.2, -0.15) is 0 Å². The molecule has 0 saturated carbocycles. The molecule has 0 aromatic heterocycles. The van der Waals surface area contributed by atoms with Crippen molar-refractivity contribution in [2.45, 2.75) is 19.4 Å². The predicted octanol–water partition coefficient (Wildman–Crippen LogP) is 2.24. The Morgan fingerprint density at radius 2 is 2.36 bits per heavy atom. The molecule has 2 nitrogen and oxygen atoms in total. The molecule has 1 atom stereocenters. The summed E-state index contributed by atoms with van der Waals surface area (Å²) in [4.78, 5) is 0. The van der Waals surface area contributed by atoms with Crippen LogP contribution in [0.1, 0.15) is 25.0 Å². The third-order valence-corrected chi connectivity index (χ3v) is 1.93. The van der Waals surface area contributed by atoms with Crippen LogP contribution in [0.25, 0.3) is 0 Å². The fraction of sp³-hybridized carbons (Fsp3) is 0.333. The standard InChI is InChI=1S/C9H10O2/c1-2-7(10)6-4-3-5-8-9(6)11-8/h3-5,7,10H,2H2,1H3. The van der Waals surface area contributed by atoms with Crippen molar-refractivity contribution in [2.75, 3.05) is 0 Å². The average Bonchev–Trinajstić information content (AvgIpc) is 2.80. The third-order valence-electron chi connectivity index (χ3n) is 1.93. The number of aliphatic hydroxyl groups is 1. The monoisotopic (exact) mass is 150 g/mol. The van der Waals surface area contributed by atoms with Gasteiger partial charge in [0.1, 0.15) is 0 Å². The zero-order valence-electron chi connectivity index (χ0n) is 6.37. The van der Waals surface area contributed by atoms with Crippen LogP contribution in [0.3, 0.4) is 0 Å². The molecule has 1 heterocycles. The number of hydrogen-bond donors (Lipinski definition) is 1. The maximum atomic E-state index is 9.46. The van der Waals surface area contributed by atoms with Crippen molar-refractivity contribution in [1.29, 1.82) is 0 Å². The van der Waals surface area contributed by atoms with Crippen LogP contribution in [0.15, 0.2) is 18.2 Å². The Bertz CT molecular complexity index is 281. The molecular formula is C9H10O2. The molecule has 1 aromatic carbocycles. The number of fused-ring (bicyclic) bond motifs is 1. The van der Waals surface area contributed by atoms with Crippen LogP contribution in [-0.4, -0.2) is 5.11 Å². The molecule has 0 fully saturated rings. The van der Waals surface area contributed by atoms with Crippen molar-refractivity contribution in [2.24, 2.45) is 0 Å². The smallest absolute Gasteiger partial charge is 0.175 e. The van der Waals surface area contributed by atoms with E-state index in [4.69, 9.17) is 4.74 Å². The van der Waals surface area contributed by atoms with Crippen LogP contribution >= 0.6 is 0 Å². The molecule has 58 valence electrons. The highest BCUT2D eigenvalue weighted by Gasteiger charge is 2.26. The second-order valence-electron chi connectivity index (χ2n) is 2.70. The highest BCUT2D eigenvalue weighted by molar-refractivity contribution is 5.59. The number of benzene rings is 1. The Morgan fingerprint density at radius 3 is 3.09 bits per heavy atom. The lowest BCUT2D eigenvalue weighted by molar-refractivity contribution is 0.173. The molecule has 0 saturated heterocycles. The molecule has 1 N–H and O–H groups in total. The van der Waals surface area contributed by atoms with E-state index >= 15 is 0 Å². The van der Waals surface area contributed by atoms with Crippen LogP contribution < -0.4 is 4.74 Å². The van der Waals surface area contributed by atoms with E-state index in [-0.39, 0.29) is 6.10 Å². The van der Waals surface area contributed by atoms with E-state index in [0.717, 1.165) is 23.5 Å². The molecule has 0 radical (unpaired) electrons. The van der Waals surface area contributed by atoms with Gasteiger partial charge in [-0.25, -0.2) is 0 Å². The minimum atomic E-state index is -0.368. The van der Waals surface area contributed by atoms with E-state index in [1.54, 1.807) is 0 Å². The van der Waals surface area contributed by atoms with Crippen molar-refractivity contribution in [3.8, 4) is 11.5 Å². The molecule has 2 heteroatoms. The van der Waals surface area contributed by atoms with Gasteiger partial charge in [-0.15, -0.1) is 0 Å². The van der Waals surface area contributed by atoms with Crippen LogP contribution in [0.4, 0.5) is 0 Å². The summed E-state index contributed by atoms with van der Waals surface area (Å²) in [7, 11) is 0. The summed E-state index contributed by atoms with van der Waals surface area (Å²) in [6.07, 6.45) is 0.368. The summed E-state index contributed by atoms with van der Waals surface area (Å²) in [6.45, 7) is 1.95. The average molecular weight is 150 g/mol. The summed E-state index contributed by atoms with van der Waals surface area (Å²) < 4.78 is 5.13. The van der Waals surface area contributed by atoms with Crippen molar-refractivity contribution < 1.29 is 9.84 Å². The Hall–Kier alpha value is -1.02. The van der Waals surface area contributed by atoms with E-state index in [0.29, 0.717) is 0 Å². The summed E-state index contributed by atoms with van der Waals surface area (Å²) in [5.41, 5.74) is 0.921. The first-order valence-corrected chi connectivity index (χ1v) is 3.81. The zero-order valence-corrected chi connectivity index (χ0v) is 6.37.